The Bertz CT molecular complexity index is 481. The summed E-state index contributed by atoms with van der Waals surface area (Å²) in [6, 6.07) is 18.3. The van der Waals surface area contributed by atoms with Crippen LogP contribution in [0.4, 0.5) is 0 Å². The van der Waals surface area contributed by atoms with Gasteiger partial charge >= 0.3 is 37.7 Å². The number of hydrogen-bond acceptors (Lipinski definition) is 0. The molecule has 0 saturated heterocycles. The van der Waals surface area contributed by atoms with Crippen LogP contribution in [0.5, 0.6) is 0 Å². The molecule has 2 aromatic carbocycles. The van der Waals surface area contributed by atoms with Crippen molar-refractivity contribution in [2.45, 2.75) is 0 Å². The van der Waals surface area contributed by atoms with Crippen LogP contribution in [0.15, 0.2) is 49.6 Å². The molecule has 0 bridgehead atoms. The molecule has 18 heavy (non-hydrogen) atoms. The summed E-state index contributed by atoms with van der Waals surface area (Å²) in [6.45, 7) is 7.52. The SMILES string of the molecule is C=Cc1cc[c-]c(-c2[c-]ccc(C=C)c2)c1.[Li+].[Li+]. The fourth-order valence-corrected chi connectivity index (χ4v) is 1.53. The molecule has 0 N–H and O–H groups in total. The third-order valence-corrected chi connectivity index (χ3v) is 2.41. The number of hydrogen-bond donors (Lipinski definition) is 0. The summed E-state index contributed by atoms with van der Waals surface area (Å²) < 4.78 is 0. The van der Waals surface area contributed by atoms with Gasteiger partial charge in [-0.25, -0.2) is 11.1 Å². The van der Waals surface area contributed by atoms with E-state index in [0.29, 0.717) is 0 Å². The first-order valence-electron chi connectivity index (χ1n) is 5.12. The Hall–Kier alpha value is -0.885. The molecule has 2 heteroatoms. The monoisotopic (exact) mass is 218 g/mol. The van der Waals surface area contributed by atoms with E-state index in [-0.39, 0.29) is 37.7 Å². The molecule has 0 radical (unpaired) electrons. The summed E-state index contributed by atoms with van der Waals surface area (Å²) in [5, 5.41) is 0. The van der Waals surface area contributed by atoms with Crippen LogP contribution in [0, 0.1) is 12.1 Å². The van der Waals surface area contributed by atoms with E-state index in [1.807, 2.05) is 48.6 Å². The minimum Gasteiger partial charge on any atom is -0.226 e. The van der Waals surface area contributed by atoms with Crippen LogP contribution in [0.3, 0.4) is 0 Å². The van der Waals surface area contributed by atoms with Crippen molar-refractivity contribution in [1.29, 1.82) is 0 Å². The average molecular weight is 218 g/mol. The van der Waals surface area contributed by atoms with Gasteiger partial charge in [0, 0.05) is 0 Å². The Kier molecular flexibility index (Phi) is 7.85. The number of rotatable bonds is 3. The first-order chi connectivity index (χ1) is 7.83. The van der Waals surface area contributed by atoms with Crippen molar-refractivity contribution >= 4 is 12.2 Å². The van der Waals surface area contributed by atoms with Gasteiger partial charge < -0.3 is 0 Å². The maximum absolute atomic E-state index is 3.76. The fraction of sp³-hybridized carbons (Fsp3) is 0. The van der Waals surface area contributed by atoms with Gasteiger partial charge in [-0.1, -0.05) is 12.2 Å². The standard InChI is InChI=1S/C16H12.2Li/c1-3-13-7-5-9-15(11-13)16-10-6-8-14(4-2)12-16;;/h3-8,11-12H,1-2H2;;/q-2;2*+1. The zero-order valence-corrected chi connectivity index (χ0v) is 11.0. The second-order valence-electron chi connectivity index (χ2n) is 3.48. The van der Waals surface area contributed by atoms with E-state index >= 15 is 0 Å². The fourth-order valence-electron chi connectivity index (χ4n) is 1.53. The molecule has 2 aromatic rings. The van der Waals surface area contributed by atoms with Crippen LogP contribution in [-0.4, -0.2) is 0 Å². The van der Waals surface area contributed by atoms with E-state index in [4.69, 9.17) is 0 Å². The van der Waals surface area contributed by atoms with Gasteiger partial charge in [0.05, 0.1) is 0 Å². The van der Waals surface area contributed by atoms with Gasteiger partial charge in [-0.15, -0.1) is 36.4 Å². The molecule has 0 nitrogen and oxygen atoms in total. The van der Waals surface area contributed by atoms with Crippen molar-refractivity contribution in [1.82, 2.24) is 0 Å². The Morgan fingerprint density at radius 3 is 1.50 bits per heavy atom. The normalized spacial score (nSPS) is 8.67. The van der Waals surface area contributed by atoms with Gasteiger partial charge in [-0.3, -0.25) is 0 Å². The van der Waals surface area contributed by atoms with Crippen molar-refractivity contribution in [3.8, 4) is 11.1 Å². The van der Waals surface area contributed by atoms with Gasteiger partial charge in [0.1, 0.15) is 0 Å². The quantitative estimate of drug-likeness (QED) is 0.423. The molecule has 2 rings (SSSR count). The summed E-state index contributed by atoms with van der Waals surface area (Å²) in [7, 11) is 0. The van der Waals surface area contributed by atoms with Crippen molar-refractivity contribution < 1.29 is 37.7 Å². The molecule has 0 unspecified atom stereocenters. The predicted molar refractivity (Wildman–Crippen MR) is 69.7 cm³/mol. The van der Waals surface area contributed by atoms with E-state index < -0.39 is 0 Å². The van der Waals surface area contributed by atoms with Crippen LogP contribution in [-0.2, 0) is 0 Å². The van der Waals surface area contributed by atoms with Crippen LogP contribution in [0.1, 0.15) is 11.1 Å². The molecule has 0 heterocycles. The van der Waals surface area contributed by atoms with Gasteiger partial charge in [-0.05, 0) is 0 Å². The third kappa shape index (κ3) is 4.10. The van der Waals surface area contributed by atoms with Crippen LogP contribution in [0.2, 0.25) is 0 Å². The van der Waals surface area contributed by atoms with Crippen LogP contribution < -0.4 is 37.7 Å². The summed E-state index contributed by atoms with van der Waals surface area (Å²) in [5.41, 5.74) is 4.24. The topological polar surface area (TPSA) is 0 Å². The summed E-state index contributed by atoms with van der Waals surface area (Å²) in [6.07, 6.45) is 3.66. The molecular weight excluding hydrogens is 206 g/mol. The van der Waals surface area contributed by atoms with Crippen molar-refractivity contribution in [2.24, 2.45) is 0 Å². The van der Waals surface area contributed by atoms with Gasteiger partial charge in [0.25, 0.3) is 0 Å². The minimum atomic E-state index is 0. The van der Waals surface area contributed by atoms with Crippen molar-refractivity contribution in [3.05, 3.63) is 72.8 Å². The zero-order chi connectivity index (χ0) is 11.4. The second kappa shape index (κ2) is 8.26. The molecule has 0 amide bonds. The predicted octanol–water partition coefficient (Wildman–Crippen LogP) is -1.75. The van der Waals surface area contributed by atoms with Crippen molar-refractivity contribution in [3.63, 3.8) is 0 Å². The molecule has 0 aliphatic rings. The Labute approximate surface area is 133 Å². The van der Waals surface area contributed by atoms with Gasteiger partial charge in [0.15, 0.2) is 0 Å². The largest absolute Gasteiger partial charge is 1.00 e. The molecule has 0 aromatic heterocycles. The van der Waals surface area contributed by atoms with Gasteiger partial charge in [0.2, 0.25) is 0 Å². The smallest absolute Gasteiger partial charge is 0.226 e. The molecule has 0 aliphatic heterocycles. The minimum absolute atomic E-state index is 0. The van der Waals surface area contributed by atoms with E-state index in [9.17, 15) is 0 Å². The molecule has 0 atom stereocenters. The average Bonchev–Trinajstić information content (AvgIpc) is 2.39. The molecule has 78 valence electrons. The molecule has 0 aliphatic carbocycles. The van der Waals surface area contributed by atoms with Crippen LogP contribution in [0.25, 0.3) is 23.3 Å². The van der Waals surface area contributed by atoms with Crippen LogP contribution >= 0.6 is 0 Å². The van der Waals surface area contributed by atoms with E-state index in [0.717, 1.165) is 22.3 Å². The first kappa shape index (κ1) is 17.1. The van der Waals surface area contributed by atoms with E-state index in [1.165, 1.54) is 0 Å². The summed E-state index contributed by atoms with van der Waals surface area (Å²) >= 11 is 0. The molecule has 0 fully saturated rings. The second-order valence-corrected chi connectivity index (χ2v) is 3.48. The summed E-state index contributed by atoms with van der Waals surface area (Å²) in [4.78, 5) is 0. The third-order valence-electron chi connectivity index (χ3n) is 2.41. The van der Waals surface area contributed by atoms with E-state index in [1.54, 1.807) is 0 Å². The maximum Gasteiger partial charge on any atom is 1.00 e. The Morgan fingerprint density at radius 2 is 1.17 bits per heavy atom. The van der Waals surface area contributed by atoms with Gasteiger partial charge in [-0.2, -0.15) is 36.4 Å². The zero-order valence-electron chi connectivity index (χ0n) is 11.0. The Morgan fingerprint density at radius 1 is 0.778 bits per heavy atom. The molecule has 0 spiro atoms. The number of benzene rings is 2. The Balaban J connectivity index is 0.00000144. The summed E-state index contributed by atoms with van der Waals surface area (Å²) in [5.74, 6) is 0. The molecular formula is C16H12Li2. The van der Waals surface area contributed by atoms with Crippen molar-refractivity contribution in [2.75, 3.05) is 0 Å². The van der Waals surface area contributed by atoms with E-state index in [2.05, 4.69) is 25.3 Å². The molecule has 0 saturated carbocycles. The maximum atomic E-state index is 3.76. The first-order valence-corrected chi connectivity index (χ1v) is 5.12.